The van der Waals surface area contributed by atoms with Gasteiger partial charge in [0.15, 0.2) is 5.82 Å². The van der Waals surface area contributed by atoms with Crippen molar-refractivity contribution in [2.45, 2.75) is 44.2 Å². The summed E-state index contributed by atoms with van der Waals surface area (Å²) in [6.07, 6.45) is -0.740. The highest BCUT2D eigenvalue weighted by Crippen LogP contribution is 2.59. The number of rotatable bonds is 8. The van der Waals surface area contributed by atoms with E-state index >= 15 is 8.78 Å². The predicted octanol–water partition coefficient (Wildman–Crippen LogP) is 6.55. The van der Waals surface area contributed by atoms with Gasteiger partial charge >= 0.3 is 0 Å². The molecule has 0 saturated carbocycles. The zero-order valence-corrected chi connectivity index (χ0v) is 25.3. The van der Waals surface area contributed by atoms with Gasteiger partial charge < -0.3 is 11.1 Å². The van der Waals surface area contributed by atoms with Gasteiger partial charge in [-0.25, -0.2) is 22.0 Å². The van der Waals surface area contributed by atoms with Gasteiger partial charge in [-0.15, -0.1) is 0 Å². The van der Waals surface area contributed by atoms with Crippen molar-refractivity contribution in [1.82, 2.24) is 29.9 Å². The number of hydrogen-bond donors (Lipinski definition) is 2. The first-order chi connectivity index (χ1) is 22.7. The van der Waals surface area contributed by atoms with Crippen molar-refractivity contribution in [3.05, 3.63) is 106 Å². The maximum atomic E-state index is 15.4. The first-order valence-electron chi connectivity index (χ1n) is 14.8. The zero-order valence-electron chi connectivity index (χ0n) is 25.3. The Balaban J connectivity index is 1.32. The van der Waals surface area contributed by atoms with Gasteiger partial charge in [0.2, 0.25) is 5.91 Å². The molecule has 8 nitrogen and oxygen atoms in total. The number of nitrogens with zero attached hydrogens (tertiary/aromatic N) is 5. The largest absolute Gasteiger partial charge is 0.382 e. The number of carbonyl (C=O) groups is 1. The molecule has 2 aliphatic rings. The SMILES string of the molecule is Cc1ccc(-c2ccc(F)c3c(N)nn(C)c23)c([C@H](Cc2cc(F)cc(F)c2)NC(=O)Cn2nc(C(F)F)c3c2C(F)(F)[C@@H]2C=C[C@H]32)n1. The van der Waals surface area contributed by atoms with E-state index in [2.05, 4.69) is 20.5 Å². The summed E-state index contributed by atoms with van der Waals surface area (Å²) in [5.41, 5.74) is 6.01. The van der Waals surface area contributed by atoms with E-state index in [1.807, 2.05) is 0 Å². The number of amides is 1. The summed E-state index contributed by atoms with van der Waals surface area (Å²) >= 11 is 0. The van der Waals surface area contributed by atoms with Crippen LogP contribution in [0, 0.1) is 30.3 Å². The van der Waals surface area contributed by atoms with E-state index in [0.29, 0.717) is 33.1 Å². The lowest BCUT2D eigenvalue weighted by atomic mass is 9.81. The van der Waals surface area contributed by atoms with Crippen LogP contribution in [0.25, 0.3) is 22.0 Å². The molecule has 0 aliphatic heterocycles. The summed E-state index contributed by atoms with van der Waals surface area (Å²) in [6, 6.07) is 7.64. The maximum absolute atomic E-state index is 15.4. The van der Waals surface area contributed by atoms with E-state index in [1.54, 1.807) is 26.1 Å². The van der Waals surface area contributed by atoms with Gasteiger partial charge in [-0.1, -0.05) is 18.2 Å². The summed E-state index contributed by atoms with van der Waals surface area (Å²) in [4.78, 5) is 18.3. The number of benzene rings is 2. The third kappa shape index (κ3) is 4.99. The second kappa shape index (κ2) is 11.2. The first kappa shape index (κ1) is 31.4. The quantitative estimate of drug-likeness (QED) is 0.144. The normalized spacial score (nSPS) is 18.2. The topological polar surface area (TPSA) is 104 Å². The lowest BCUT2D eigenvalue weighted by molar-refractivity contribution is -0.123. The zero-order chi connectivity index (χ0) is 34.2. The first-order valence-corrected chi connectivity index (χ1v) is 14.8. The lowest BCUT2D eigenvalue weighted by Gasteiger charge is -2.27. The van der Waals surface area contributed by atoms with E-state index in [1.165, 1.54) is 29.0 Å². The van der Waals surface area contributed by atoms with Crippen LogP contribution in [0.3, 0.4) is 0 Å². The van der Waals surface area contributed by atoms with Gasteiger partial charge in [0.1, 0.15) is 35.4 Å². The molecule has 0 unspecified atom stereocenters. The van der Waals surface area contributed by atoms with Crippen molar-refractivity contribution in [2.75, 3.05) is 5.73 Å². The van der Waals surface area contributed by atoms with Crippen LogP contribution in [-0.2, 0) is 30.7 Å². The van der Waals surface area contributed by atoms with Crippen molar-refractivity contribution in [1.29, 1.82) is 0 Å². The summed E-state index contributed by atoms with van der Waals surface area (Å²) in [6.45, 7) is 0.804. The number of nitrogens with one attached hydrogen (secondary N) is 1. The Kier molecular flexibility index (Phi) is 7.33. The average molecular weight is 670 g/mol. The van der Waals surface area contributed by atoms with Crippen LogP contribution in [0.5, 0.6) is 0 Å². The van der Waals surface area contributed by atoms with Gasteiger partial charge in [-0.2, -0.15) is 19.0 Å². The van der Waals surface area contributed by atoms with E-state index < -0.39 is 71.5 Å². The number of halogens is 7. The average Bonchev–Trinajstić information content (AvgIpc) is 3.53. The molecular weight excluding hydrogens is 643 g/mol. The summed E-state index contributed by atoms with van der Waals surface area (Å²) < 4.78 is 104. The molecule has 0 radical (unpaired) electrons. The summed E-state index contributed by atoms with van der Waals surface area (Å²) in [5, 5.41) is 10.6. The fourth-order valence-corrected chi connectivity index (χ4v) is 6.82. The smallest absolute Gasteiger partial charge is 0.296 e. The van der Waals surface area contributed by atoms with Crippen LogP contribution in [-0.4, -0.2) is 30.5 Å². The highest BCUT2D eigenvalue weighted by atomic mass is 19.3. The monoisotopic (exact) mass is 669 g/mol. The van der Waals surface area contributed by atoms with Crippen LogP contribution in [0.4, 0.5) is 36.6 Å². The molecule has 3 aromatic heterocycles. The van der Waals surface area contributed by atoms with Crippen LogP contribution in [0.1, 0.15) is 52.3 Å². The Hall–Kier alpha value is -5.21. The molecule has 0 fully saturated rings. The maximum Gasteiger partial charge on any atom is 0.296 e. The van der Waals surface area contributed by atoms with Crippen molar-refractivity contribution in [3.63, 3.8) is 0 Å². The van der Waals surface area contributed by atoms with Crippen molar-refractivity contribution < 1.29 is 35.5 Å². The number of aryl methyl sites for hydroxylation is 2. The molecule has 3 atom stereocenters. The fraction of sp³-hybridized carbons (Fsp3) is 0.273. The number of nitrogen functional groups attached to an aromatic ring is 1. The Labute approximate surface area is 268 Å². The minimum atomic E-state index is -3.54. The minimum absolute atomic E-state index is 0.0427. The Morgan fingerprint density at radius 2 is 1.71 bits per heavy atom. The van der Waals surface area contributed by atoms with Crippen LogP contribution >= 0.6 is 0 Å². The van der Waals surface area contributed by atoms with Crippen molar-refractivity contribution in [2.24, 2.45) is 13.0 Å². The summed E-state index contributed by atoms with van der Waals surface area (Å²) in [7, 11) is 1.56. The van der Waals surface area contributed by atoms with Crippen LogP contribution in [0.15, 0.2) is 54.6 Å². The van der Waals surface area contributed by atoms with Gasteiger partial charge in [0, 0.05) is 41.4 Å². The number of anilines is 1. The molecule has 248 valence electrons. The van der Waals surface area contributed by atoms with Gasteiger partial charge in [-0.05, 0) is 49.2 Å². The summed E-state index contributed by atoms with van der Waals surface area (Å²) in [5.74, 6) is -9.17. The number of aromatic nitrogens is 5. The van der Waals surface area contributed by atoms with E-state index in [4.69, 9.17) is 5.73 Å². The molecule has 3 heterocycles. The molecule has 5 aromatic rings. The highest BCUT2D eigenvalue weighted by Gasteiger charge is 2.60. The molecule has 0 bridgehead atoms. The second-order valence-electron chi connectivity index (χ2n) is 12.0. The molecule has 48 heavy (non-hydrogen) atoms. The minimum Gasteiger partial charge on any atom is -0.382 e. The van der Waals surface area contributed by atoms with Crippen LogP contribution < -0.4 is 11.1 Å². The Bertz CT molecular complexity index is 2140. The number of fused-ring (bicyclic) bond motifs is 4. The standard InChI is InChI=1S/C33H26F7N7O/c1-14-3-4-18(19-6-8-22(36)26-29(19)46(2)45-32(26)41)27(42-14)23(11-15-9-16(34)12-17(35)10-15)43-24(48)13-47-30-25(28(44-47)31(37)38)20-5-7-21(20)33(30,39)40/h3-10,12,20-21,23,31H,11,13H2,1-2H3,(H2,41,45)(H,43,48)/t20-,21+,23-/m0/s1. The van der Waals surface area contributed by atoms with Crippen molar-refractivity contribution >= 4 is 22.6 Å². The number of alkyl halides is 4. The molecule has 2 aromatic carbocycles. The number of carbonyl (C=O) groups excluding carboxylic acids is 1. The molecule has 0 saturated heterocycles. The molecule has 0 spiro atoms. The van der Waals surface area contributed by atoms with E-state index in [-0.39, 0.29) is 34.4 Å². The number of nitrogens with two attached hydrogens (primary N) is 1. The van der Waals surface area contributed by atoms with Crippen molar-refractivity contribution in [3.8, 4) is 11.1 Å². The van der Waals surface area contributed by atoms with Gasteiger partial charge in [0.05, 0.1) is 28.6 Å². The van der Waals surface area contributed by atoms with E-state index in [0.717, 1.165) is 12.1 Å². The third-order valence-electron chi connectivity index (χ3n) is 8.84. The van der Waals surface area contributed by atoms with E-state index in [9.17, 15) is 26.7 Å². The second-order valence-corrected chi connectivity index (χ2v) is 12.0. The lowest BCUT2D eigenvalue weighted by Crippen LogP contribution is -2.35. The Morgan fingerprint density at radius 1 is 1.00 bits per heavy atom. The van der Waals surface area contributed by atoms with Gasteiger partial charge in [-0.3, -0.25) is 19.1 Å². The molecule has 15 heteroatoms. The van der Waals surface area contributed by atoms with Gasteiger partial charge in [0.25, 0.3) is 12.3 Å². The fourth-order valence-electron chi connectivity index (χ4n) is 6.82. The predicted molar refractivity (Wildman–Crippen MR) is 160 cm³/mol. The third-order valence-corrected chi connectivity index (χ3v) is 8.84. The molecule has 3 N–H and O–H groups in total. The molecule has 1 amide bonds. The number of pyridine rings is 1. The highest BCUT2D eigenvalue weighted by molar-refractivity contribution is 6.00. The Morgan fingerprint density at radius 3 is 2.38 bits per heavy atom. The molecule has 2 aliphatic carbocycles. The number of hydrogen-bond acceptors (Lipinski definition) is 5. The number of allylic oxidation sites excluding steroid dienone is 2. The molecule has 7 rings (SSSR count). The molecular formula is C33H26F7N7O. The van der Waals surface area contributed by atoms with Crippen LogP contribution in [0.2, 0.25) is 0 Å².